The van der Waals surface area contributed by atoms with Gasteiger partial charge in [-0.1, -0.05) is 6.07 Å². The molecule has 1 N–H and O–H groups in total. The lowest BCUT2D eigenvalue weighted by Gasteiger charge is -2.05. The monoisotopic (exact) mass is 243 g/mol. The van der Waals surface area contributed by atoms with E-state index in [9.17, 15) is 0 Å². The molecule has 2 aromatic heterocycles. The van der Waals surface area contributed by atoms with Gasteiger partial charge < -0.3 is 10.1 Å². The van der Waals surface area contributed by atoms with Crippen LogP contribution in [0.25, 0.3) is 0 Å². The first-order valence-corrected chi connectivity index (χ1v) is 5.97. The predicted octanol–water partition coefficient (Wildman–Crippen LogP) is 1.82. The molecule has 0 aromatic carbocycles. The van der Waals surface area contributed by atoms with Crippen molar-refractivity contribution in [3.63, 3.8) is 0 Å². The van der Waals surface area contributed by atoms with Crippen molar-refractivity contribution in [2.75, 3.05) is 13.7 Å². The third-order valence-corrected chi connectivity index (χ3v) is 2.68. The zero-order valence-corrected chi connectivity index (χ0v) is 10.5. The van der Waals surface area contributed by atoms with E-state index in [4.69, 9.17) is 4.74 Å². The van der Waals surface area contributed by atoms with Gasteiger partial charge in [0.15, 0.2) is 0 Å². The van der Waals surface area contributed by atoms with Crippen LogP contribution in [0, 0.1) is 0 Å². The second-order valence-corrected chi connectivity index (χ2v) is 3.99. The van der Waals surface area contributed by atoms with E-state index in [-0.39, 0.29) is 0 Å². The molecule has 0 spiro atoms. The number of rotatable bonds is 6. The highest BCUT2D eigenvalue weighted by atomic mass is 16.5. The normalized spacial score (nSPS) is 10.3. The van der Waals surface area contributed by atoms with Crippen molar-refractivity contribution in [1.82, 2.24) is 15.3 Å². The van der Waals surface area contributed by atoms with Crippen LogP contribution in [0.3, 0.4) is 0 Å². The van der Waals surface area contributed by atoms with Gasteiger partial charge in [0.25, 0.3) is 0 Å². The number of aromatic nitrogens is 2. The molecule has 0 radical (unpaired) electrons. The van der Waals surface area contributed by atoms with Crippen LogP contribution >= 0.6 is 0 Å². The van der Waals surface area contributed by atoms with Crippen molar-refractivity contribution in [2.45, 2.75) is 13.0 Å². The fourth-order valence-electron chi connectivity index (χ4n) is 1.65. The molecule has 0 saturated carbocycles. The van der Waals surface area contributed by atoms with Gasteiger partial charge in [0.2, 0.25) is 5.88 Å². The molecule has 94 valence electrons. The molecule has 2 rings (SSSR count). The molecule has 2 aromatic rings. The smallest absolute Gasteiger partial charge is 0.212 e. The molecular formula is C14H17N3O. The second-order valence-electron chi connectivity index (χ2n) is 3.99. The first-order chi connectivity index (χ1) is 8.88. The summed E-state index contributed by atoms with van der Waals surface area (Å²) in [5, 5.41) is 3.39. The standard InChI is InChI=1S/C14H17N3O/c1-18-14-3-2-13(11-17-14)10-16-9-6-12-4-7-15-8-5-12/h2-5,7-8,11,16H,6,9-10H2,1H3. The Morgan fingerprint density at radius 1 is 1.11 bits per heavy atom. The van der Waals surface area contributed by atoms with E-state index in [0.717, 1.165) is 25.1 Å². The molecule has 4 nitrogen and oxygen atoms in total. The molecule has 0 aliphatic carbocycles. The van der Waals surface area contributed by atoms with Gasteiger partial charge in [-0.25, -0.2) is 4.98 Å². The topological polar surface area (TPSA) is 47.0 Å². The molecule has 0 saturated heterocycles. The van der Waals surface area contributed by atoms with Gasteiger partial charge in [-0.05, 0) is 36.2 Å². The SMILES string of the molecule is COc1ccc(CNCCc2ccncc2)cn1. The summed E-state index contributed by atoms with van der Waals surface area (Å²) < 4.78 is 5.02. The Hall–Kier alpha value is -1.94. The van der Waals surface area contributed by atoms with Gasteiger partial charge in [-0.3, -0.25) is 4.98 Å². The second kappa shape index (κ2) is 6.71. The number of nitrogens with one attached hydrogen (secondary N) is 1. The Kier molecular flexibility index (Phi) is 4.67. The molecule has 0 unspecified atom stereocenters. The molecule has 0 amide bonds. The van der Waals surface area contributed by atoms with Crippen molar-refractivity contribution in [2.24, 2.45) is 0 Å². The summed E-state index contributed by atoms with van der Waals surface area (Å²) in [7, 11) is 1.62. The predicted molar refractivity (Wildman–Crippen MR) is 70.4 cm³/mol. The summed E-state index contributed by atoms with van der Waals surface area (Å²) >= 11 is 0. The fourth-order valence-corrected chi connectivity index (χ4v) is 1.65. The Balaban J connectivity index is 1.72. The molecule has 4 heteroatoms. The van der Waals surface area contributed by atoms with E-state index < -0.39 is 0 Å². The summed E-state index contributed by atoms with van der Waals surface area (Å²) in [6.07, 6.45) is 6.48. The first-order valence-electron chi connectivity index (χ1n) is 5.97. The van der Waals surface area contributed by atoms with Crippen LogP contribution < -0.4 is 10.1 Å². The van der Waals surface area contributed by atoms with E-state index in [1.165, 1.54) is 5.56 Å². The molecule has 0 atom stereocenters. The van der Waals surface area contributed by atoms with Gasteiger partial charge in [-0.15, -0.1) is 0 Å². The highest BCUT2D eigenvalue weighted by Gasteiger charge is 1.96. The van der Waals surface area contributed by atoms with E-state index in [2.05, 4.69) is 15.3 Å². The van der Waals surface area contributed by atoms with Crippen molar-refractivity contribution >= 4 is 0 Å². The Morgan fingerprint density at radius 2 is 1.94 bits per heavy atom. The maximum absolute atomic E-state index is 5.02. The van der Waals surface area contributed by atoms with Crippen molar-refractivity contribution < 1.29 is 4.74 Å². The Labute approximate surface area is 107 Å². The third kappa shape index (κ3) is 3.82. The van der Waals surface area contributed by atoms with Gasteiger partial charge in [0.1, 0.15) is 0 Å². The molecule has 0 aliphatic rings. The maximum Gasteiger partial charge on any atom is 0.212 e. The van der Waals surface area contributed by atoms with Crippen LogP contribution in [0.4, 0.5) is 0 Å². The summed E-state index contributed by atoms with van der Waals surface area (Å²) in [4.78, 5) is 8.16. The average molecular weight is 243 g/mol. The summed E-state index contributed by atoms with van der Waals surface area (Å²) in [6, 6.07) is 7.97. The third-order valence-electron chi connectivity index (χ3n) is 2.68. The lowest BCUT2D eigenvalue weighted by molar-refractivity contribution is 0.397. The number of pyridine rings is 2. The van der Waals surface area contributed by atoms with Crippen LogP contribution in [0.15, 0.2) is 42.9 Å². The minimum atomic E-state index is 0.649. The average Bonchev–Trinajstić information content (AvgIpc) is 2.45. The van der Waals surface area contributed by atoms with E-state index in [1.807, 2.05) is 42.9 Å². The van der Waals surface area contributed by atoms with Crippen molar-refractivity contribution in [3.8, 4) is 5.88 Å². The number of nitrogens with zero attached hydrogens (tertiary/aromatic N) is 2. The van der Waals surface area contributed by atoms with E-state index in [0.29, 0.717) is 5.88 Å². The van der Waals surface area contributed by atoms with Crippen molar-refractivity contribution in [1.29, 1.82) is 0 Å². The van der Waals surface area contributed by atoms with Crippen LogP contribution in [0.2, 0.25) is 0 Å². The van der Waals surface area contributed by atoms with E-state index >= 15 is 0 Å². The lowest BCUT2D eigenvalue weighted by Crippen LogP contribution is -2.16. The first kappa shape index (κ1) is 12.5. The highest BCUT2D eigenvalue weighted by Crippen LogP contribution is 2.06. The van der Waals surface area contributed by atoms with Crippen LogP contribution in [-0.4, -0.2) is 23.6 Å². The van der Waals surface area contributed by atoms with Gasteiger partial charge in [0.05, 0.1) is 7.11 Å². The minimum Gasteiger partial charge on any atom is -0.481 e. The molecule has 0 fully saturated rings. The lowest BCUT2D eigenvalue weighted by atomic mass is 10.2. The zero-order valence-electron chi connectivity index (χ0n) is 10.5. The fraction of sp³-hybridized carbons (Fsp3) is 0.286. The molecular weight excluding hydrogens is 226 g/mol. The maximum atomic E-state index is 5.02. The molecule has 2 heterocycles. The van der Waals surface area contributed by atoms with Crippen LogP contribution in [0.5, 0.6) is 5.88 Å². The largest absolute Gasteiger partial charge is 0.481 e. The number of methoxy groups -OCH3 is 1. The number of ether oxygens (including phenoxy) is 1. The van der Waals surface area contributed by atoms with Gasteiger partial charge >= 0.3 is 0 Å². The Bertz CT molecular complexity index is 456. The van der Waals surface area contributed by atoms with Crippen LogP contribution in [0.1, 0.15) is 11.1 Å². The molecule has 0 aliphatic heterocycles. The molecule has 18 heavy (non-hydrogen) atoms. The van der Waals surface area contributed by atoms with Crippen LogP contribution in [-0.2, 0) is 13.0 Å². The quantitative estimate of drug-likeness (QED) is 0.786. The summed E-state index contributed by atoms with van der Waals surface area (Å²) in [6.45, 7) is 1.76. The zero-order chi connectivity index (χ0) is 12.6. The highest BCUT2D eigenvalue weighted by molar-refractivity contribution is 5.17. The summed E-state index contributed by atoms with van der Waals surface area (Å²) in [5.74, 6) is 0.649. The number of hydrogen-bond acceptors (Lipinski definition) is 4. The van der Waals surface area contributed by atoms with E-state index in [1.54, 1.807) is 7.11 Å². The van der Waals surface area contributed by atoms with Crippen molar-refractivity contribution in [3.05, 3.63) is 54.0 Å². The van der Waals surface area contributed by atoms with Gasteiger partial charge in [-0.2, -0.15) is 0 Å². The number of hydrogen-bond donors (Lipinski definition) is 1. The summed E-state index contributed by atoms with van der Waals surface area (Å²) in [5.41, 5.74) is 2.45. The molecule has 0 bridgehead atoms. The van der Waals surface area contributed by atoms with Gasteiger partial charge in [0, 0.05) is 31.2 Å². The minimum absolute atomic E-state index is 0.649. The Morgan fingerprint density at radius 3 is 2.61 bits per heavy atom.